The molecule has 0 aromatic heterocycles. The number of phenols is 1. The van der Waals surface area contributed by atoms with Crippen molar-refractivity contribution in [1.82, 2.24) is 0 Å². The minimum absolute atomic E-state index is 0.231. The molecule has 106 valence electrons. The zero-order valence-electron chi connectivity index (χ0n) is 11.5. The number of anilines is 4. The predicted molar refractivity (Wildman–Crippen MR) is 84.9 cm³/mol. The van der Waals surface area contributed by atoms with Crippen molar-refractivity contribution in [2.24, 2.45) is 0 Å². The SMILES string of the molecule is CCNc1cc(O)ccc1NCc1cc(N)ccc1N. The topological polar surface area (TPSA) is 96.3 Å². The summed E-state index contributed by atoms with van der Waals surface area (Å²) >= 11 is 0. The first-order valence-electron chi connectivity index (χ1n) is 6.54. The van der Waals surface area contributed by atoms with Gasteiger partial charge in [-0.15, -0.1) is 0 Å². The van der Waals surface area contributed by atoms with Crippen molar-refractivity contribution < 1.29 is 5.11 Å². The lowest BCUT2D eigenvalue weighted by atomic mass is 10.1. The van der Waals surface area contributed by atoms with Gasteiger partial charge >= 0.3 is 0 Å². The minimum atomic E-state index is 0.231. The smallest absolute Gasteiger partial charge is 0.117 e. The average molecular weight is 272 g/mol. The third-order valence-electron chi connectivity index (χ3n) is 3.01. The van der Waals surface area contributed by atoms with Crippen LogP contribution in [-0.2, 0) is 6.54 Å². The van der Waals surface area contributed by atoms with Gasteiger partial charge in [0.15, 0.2) is 0 Å². The van der Waals surface area contributed by atoms with Crippen LogP contribution in [-0.4, -0.2) is 11.7 Å². The molecule has 2 aromatic rings. The van der Waals surface area contributed by atoms with E-state index in [1.165, 1.54) is 0 Å². The number of hydrogen-bond donors (Lipinski definition) is 5. The highest BCUT2D eigenvalue weighted by Gasteiger charge is 2.05. The molecule has 0 unspecified atom stereocenters. The van der Waals surface area contributed by atoms with Gasteiger partial charge in [-0.25, -0.2) is 0 Å². The molecular weight excluding hydrogens is 252 g/mol. The largest absolute Gasteiger partial charge is 0.508 e. The summed E-state index contributed by atoms with van der Waals surface area (Å²) in [7, 11) is 0. The molecule has 0 spiro atoms. The first kappa shape index (κ1) is 13.9. The maximum atomic E-state index is 9.53. The van der Waals surface area contributed by atoms with Crippen LogP contribution in [0.15, 0.2) is 36.4 Å². The van der Waals surface area contributed by atoms with Crippen LogP contribution < -0.4 is 22.1 Å². The second-order valence-electron chi connectivity index (χ2n) is 4.57. The number of phenolic OH excluding ortho intramolecular Hbond substituents is 1. The van der Waals surface area contributed by atoms with Crippen molar-refractivity contribution >= 4 is 22.7 Å². The zero-order chi connectivity index (χ0) is 14.5. The Labute approximate surface area is 118 Å². The Kier molecular flexibility index (Phi) is 4.20. The van der Waals surface area contributed by atoms with Gasteiger partial charge in [0.25, 0.3) is 0 Å². The number of nitrogen functional groups attached to an aromatic ring is 2. The first-order chi connectivity index (χ1) is 9.60. The van der Waals surface area contributed by atoms with Crippen LogP contribution in [0.5, 0.6) is 5.75 Å². The molecule has 2 aromatic carbocycles. The van der Waals surface area contributed by atoms with Crippen molar-refractivity contribution in [2.75, 3.05) is 28.6 Å². The van der Waals surface area contributed by atoms with Crippen molar-refractivity contribution in [2.45, 2.75) is 13.5 Å². The molecule has 0 saturated carbocycles. The normalized spacial score (nSPS) is 10.2. The van der Waals surface area contributed by atoms with Crippen LogP contribution in [0, 0.1) is 0 Å². The molecule has 0 aliphatic rings. The molecule has 0 radical (unpaired) electrons. The van der Waals surface area contributed by atoms with Gasteiger partial charge < -0.3 is 27.2 Å². The van der Waals surface area contributed by atoms with Gasteiger partial charge in [0.05, 0.1) is 11.4 Å². The highest BCUT2D eigenvalue weighted by Crippen LogP contribution is 2.27. The standard InChI is InChI=1S/C15H20N4O/c1-2-18-15-8-12(20)4-6-14(15)19-9-10-7-11(16)3-5-13(10)17/h3-8,18-20H,2,9,16-17H2,1H3. The van der Waals surface area contributed by atoms with Crippen LogP contribution in [0.3, 0.4) is 0 Å². The third-order valence-corrected chi connectivity index (χ3v) is 3.01. The molecular formula is C15H20N4O. The molecule has 0 amide bonds. The maximum Gasteiger partial charge on any atom is 0.117 e. The van der Waals surface area contributed by atoms with Crippen LogP contribution in [0.25, 0.3) is 0 Å². The summed E-state index contributed by atoms with van der Waals surface area (Å²) in [6, 6.07) is 10.6. The monoisotopic (exact) mass is 272 g/mol. The number of aromatic hydroxyl groups is 1. The molecule has 5 heteroatoms. The molecule has 5 nitrogen and oxygen atoms in total. The molecule has 0 atom stereocenters. The van der Waals surface area contributed by atoms with E-state index in [0.717, 1.165) is 23.5 Å². The molecule has 0 bridgehead atoms. The summed E-state index contributed by atoms with van der Waals surface area (Å²) in [4.78, 5) is 0. The quantitative estimate of drug-likeness (QED) is 0.426. The Bertz CT molecular complexity index is 598. The van der Waals surface area contributed by atoms with E-state index in [4.69, 9.17) is 11.5 Å². The number of benzene rings is 2. The van der Waals surface area contributed by atoms with Gasteiger partial charge in [-0.1, -0.05) is 0 Å². The van der Waals surface area contributed by atoms with E-state index in [9.17, 15) is 5.11 Å². The average Bonchev–Trinajstić information content (AvgIpc) is 2.42. The van der Waals surface area contributed by atoms with Gasteiger partial charge in [-0.3, -0.25) is 0 Å². The minimum Gasteiger partial charge on any atom is -0.508 e. The van der Waals surface area contributed by atoms with Crippen LogP contribution in [0.4, 0.5) is 22.7 Å². The fourth-order valence-electron chi connectivity index (χ4n) is 1.99. The van der Waals surface area contributed by atoms with Crippen molar-refractivity contribution in [3.05, 3.63) is 42.0 Å². The second kappa shape index (κ2) is 6.06. The summed E-state index contributed by atoms with van der Waals surface area (Å²) in [5, 5.41) is 16.0. The Morgan fingerprint density at radius 3 is 2.55 bits per heavy atom. The molecule has 0 fully saturated rings. The number of rotatable bonds is 5. The van der Waals surface area contributed by atoms with Crippen molar-refractivity contribution in [3.8, 4) is 5.75 Å². The molecule has 7 N–H and O–H groups in total. The maximum absolute atomic E-state index is 9.53. The fraction of sp³-hybridized carbons (Fsp3) is 0.200. The summed E-state index contributed by atoms with van der Waals surface area (Å²) in [5.41, 5.74) is 15.8. The van der Waals surface area contributed by atoms with Gasteiger partial charge in [0, 0.05) is 30.5 Å². The lowest BCUT2D eigenvalue weighted by molar-refractivity contribution is 0.475. The Morgan fingerprint density at radius 2 is 1.80 bits per heavy atom. The van der Waals surface area contributed by atoms with E-state index in [1.807, 2.05) is 19.1 Å². The van der Waals surface area contributed by atoms with E-state index in [0.29, 0.717) is 17.9 Å². The summed E-state index contributed by atoms with van der Waals surface area (Å²) in [5.74, 6) is 0.231. The number of hydrogen-bond acceptors (Lipinski definition) is 5. The van der Waals surface area contributed by atoms with E-state index in [1.54, 1.807) is 24.3 Å². The zero-order valence-corrected chi connectivity index (χ0v) is 11.5. The second-order valence-corrected chi connectivity index (χ2v) is 4.57. The van der Waals surface area contributed by atoms with Gasteiger partial charge in [0.2, 0.25) is 0 Å². The lowest BCUT2D eigenvalue weighted by Crippen LogP contribution is -2.06. The fourth-order valence-corrected chi connectivity index (χ4v) is 1.99. The van der Waals surface area contributed by atoms with E-state index in [-0.39, 0.29) is 5.75 Å². The Hall–Kier alpha value is -2.56. The Balaban J connectivity index is 2.16. The summed E-state index contributed by atoms with van der Waals surface area (Å²) in [6.07, 6.45) is 0. The molecule has 0 aliphatic carbocycles. The molecule has 0 heterocycles. The highest BCUT2D eigenvalue weighted by atomic mass is 16.3. The van der Waals surface area contributed by atoms with Gasteiger partial charge in [-0.05, 0) is 42.8 Å². The van der Waals surface area contributed by atoms with E-state index < -0.39 is 0 Å². The third kappa shape index (κ3) is 3.26. The lowest BCUT2D eigenvalue weighted by Gasteiger charge is -2.14. The number of nitrogens with one attached hydrogen (secondary N) is 2. The van der Waals surface area contributed by atoms with Crippen LogP contribution in [0.1, 0.15) is 12.5 Å². The van der Waals surface area contributed by atoms with Crippen LogP contribution in [0.2, 0.25) is 0 Å². The molecule has 20 heavy (non-hydrogen) atoms. The van der Waals surface area contributed by atoms with E-state index >= 15 is 0 Å². The summed E-state index contributed by atoms with van der Waals surface area (Å²) in [6.45, 7) is 3.35. The Morgan fingerprint density at radius 1 is 1.00 bits per heavy atom. The molecule has 0 aliphatic heterocycles. The van der Waals surface area contributed by atoms with Crippen LogP contribution >= 0.6 is 0 Å². The predicted octanol–water partition coefficient (Wildman–Crippen LogP) is 2.60. The summed E-state index contributed by atoms with van der Waals surface area (Å²) < 4.78 is 0. The van der Waals surface area contributed by atoms with Gasteiger partial charge in [-0.2, -0.15) is 0 Å². The number of nitrogens with two attached hydrogens (primary N) is 2. The van der Waals surface area contributed by atoms with Crippen molar-refractivity contribution in [3.63, 3.8) is 0 Å². The molecule has 0 saturated heterocycles. The molecule has 2 rings (SSSR count). The van der Waals surface area contributed by atoms with Crippen molar-refractivity contribution in [1.29, 1.82) is 0 Å². The van der Waals surface area contributed by atoms with Gasteiger partial charge in [0.1, 0.15) is 5.75 Å². The first-order valence-corrected chi connectivity index (χ1v) is 6.54. The highest BCUT2D eigenvalue weighted by molar-refractivity contribution is 5.71. The van der Waals surface area contributed by atoms with E-state index in [2.05, 4.69) is 10.6 Å².